The van der Waals surface area contributed by atoms with Gasteiger partial charge in [0.25, 0.3) is 0 Å². The average molecular weight is 270 g/mol. The van der Waals surface area contributed by atoms with Gasteiger partial charge in [0.15, 0.2) is 0 Å². The summed E-state index contributed by atoms with van der Waals surface area (Å²) in [5.74, 6) is -0.629. The van der Waals surface area contributed by atoms with Gasteiger partial charge in [0.05, 0.1) is 6.61 Å². The number of fused-ring (bicyclic) bond motifs is 1. The molecule has 0 N–H and O–H groups in total. The summed E-state index contributed by atoms with van der Waals surface area (Å²) in [5.41, 5.74) is 10.3. The highest BCUT2D eigenvalue weighted by molar-refractivity contribution is 5.94. The molecule has 1 heterocycles. The first-order valence-corrected chi connectivity index (χ1v) is 6.15. The number of nitrogens with zero attached hydrogens (tertiary/aromatic N) is 4. The van der Waals surface area contributed by atoms with Crippen LogP contribution in [-0.4, -0.2) is 17.1 Å². The fourth-order valence-electron chi connectivity index (χ4n) is 1.97. The summed E-state index contributed by atoms with van der Waals surface area (Å²) < 4.78 is 6.78. The van der Waals surface area contributed by atoms with Crippen molar-refractivity contribution in [3.8, 4) is 0 Å². The Balaban J connectivity index is 2.50. The second-order valence-electron chi connectivity index (χ2n) is 4.13. The van der Waals surface area contributed by atoms with Gasteiger partial charge in [-0.1, -0.05) is 23.3 Å². The molecule has 0 fully saturated rings. The van der Waals surface area contributed by atoms with E-state index in [0.717, 1.165) is 16.6 Å². The van der Waals surface area contributed by atoms with Crippen LogP contribution in [0.5, 0.6) is 0 Å². The largest absolute Gasteiger partial charge is 0.462 e. The molecule has 0 saturated heterocycles. The number of carbonyl (C=O) groups is 1. The molecule has 0 bridgehead atoms. The van der Waals surface area contributed by atoms with Crippen molar-refractivity contribution in [1.82, 2.24) is 4.57 Å². The van der Waals surface area contributed by atoms with Crippen molar-refractivity contribution in [1.29, 1.82) is 0 Å². The van der Waals surface area contributed by atoms with E-state index in [2.05, 4.69) is 10.0 Å². The van der Waals surface area contributed by atoms with Crippen molar-refractivity contribution in [2.45, 2.75) is 6.92 Å². The van der Waals surface area contributed by atoms with Gasteiger partial charge in [-0.05, 0) is 30.7 Å². The summed E-state index contributed by atoms with van der Waals surface area (Å²) in [4.78, 5) is 14.4. The smallest absolute Gasteiger partial charge is 0.340 e. The Morgan fingerprint density at radius 2 is 2.25 bits per heavy atom. The van der Waals surface area contributed by atoms with Crippen molar-refractivity contribution in [2.75, 3.05) is 6.61 Å². The van der Waals surface area contributed by atoms with E-state index in [1.54, 1.807) is 6.92 Å². The van der Waals surface area contributed by atoms with Gasteiger partial charge in [0.1, 0.15) is 5.70 Å². The van der Waals surface area contributed by atoms with E-state index in [1.807, 2.05) is 41.9 Å². The standard InChI is InChI=1S/C14H14N4O2/c1-3-20-14(19)12(16-17-15)9-11-8-10-6-4-5-7-13(10)18(11)2/h4-9H,3H2,1-2H3/b12-9-. The average Bonchev–Trinajstić information content (AvgIpc) is 2.76. The first kappa shape index (κ1) is 13.7. The Labute approximate surface area is 115 Å². The van der Waals surface area contributed by atoms with Gasteiger partial charge in [0, 0.05) is 28.6 Å². The SMILES string of the molecule is CCOC(=O)/C(=C/c1cc2ccccc2n1C)N=[N+]=[N-]. The van der Waals surface area contributed by atoms with Crippen molar-refractivity contribution in [3.63, 3.8) is 0 Å². The summed E-state index contributed by atoms with van der Waals surface area (Å²) in [7, 11) is 1.88. The van der Waals surface area contributed by atoms with E-state index in [9.17, 15) is 4.79 Å². The van der Waals surface area contributed by atoms with Crippen LogP contribution < -0.4 is 0 Å². The van der Waals surface area contributed by atoms with E-state index in [-0.39, 0.29) is 12.3 Å². The highest BCUT2D eigenvalue weighted by Gasteiger charge is 2.11. The van der Waals surface area contributed by atoms with Gasteiger partial charge in [-0.2, -0.15) is 0 Å². The second kappa shape index (κ2) is 5.95. The number of ether oxygens (including phenoxy) is 1. The third-order valence-corrected chi connectivity index (χ3v) is 2.91. The van der Waals surface area contributed by atoms with Crippen LogP contribution >= 0.6 is 0 Å². The lowest BCUT2D eigenvalue weighted by atomic mass is 10.2. The topological polar surface area (TPSA) is 80.0 Å². The molecule has 0 aliphatic carbocycles. The third kappa shape index (κ3) is 2.65. The minimum Gasteiger partial charge on any atom is -0.462 e. The number of rotatable bonds is 4. The number of carbonyl (C=O) groups excluding carboxylic acids is 1. The Hall–Kier alpha value is -2.72. The molecule has 0 saturated carbocycles. The molecule has 1 aromatic heterocycles. The molecule has 0 unspecified atom stereocenters. The molecular formula is C14H14N4O2. The first-order valence-electron chi connectivity index (χ1n) is 6.15. The highest BCUT2D eigenvalue weighted by atomic mass is 16.5. The molecule has 0 aliphatic rings. The maximum Gasteiger partial charge on any atom is 0.340 e. The van der Waals surface area contributed by atoms with Crippen molar-refractivity contribution >= 4 is 22.9 Å². The number of hydrogen-bond donors (Lipinski definition) is 0. The number of benzene rings is 1. The molecule has 102 valence electrons. The molecule has 2 aromatic rings. The Morgan fingerprint density at radius 3 is 2.90 bits per heavy atom. The summed E-state index contributed by atoms with van der Waals surface area (Å²) in [6, 6.07) is 9.75. The zero-order valence-corrected chi connectivity index (χ0v) is 11.3. The lowest BCUT2D eigenvalue weighted by Gasteiger charge is -2.03. The molecule has 0 atom stereocenters. The van der Waals surface area contributed by atoms with Gasteiger partial charge in [-0.3, -0.25) is 0 Å². The van der Waals surface area contributed by atoms with Crippen molar-refractivity contribution < 1.29 is 9.53 Å². The van der Waals surface area contributed by atoms with E-state index >= 15 is 0 Å². The molecule has 6 nitrogen and oxygen atoms in total. The predicted octanol–water partition coefficient (Wildman–Crippen LogP) is 3.39. The van der Waals surface area contributed by atoms with Crippen molar-refractivity contribution in [2.24, 2.45) is 12.2 Å². The first-order chi connectivity index (χ1) is 9.67. The molecular weight excluding hydrogens is 256 g/mol. The second-order valence-corrected chi connectivity index (χ2v) is 4.13. The van der Waals surface area contributed by atoms with Gasteiger partial charge >= 0.3 is 5.97 Å². The Morgan fingerprint density at radius 1 is 1.50 bits per heavy atom. The normalized spacial score (nSPS) is 11.2. The Kier molecular flexibility index (Phi) is 4.08. The zero-order chi connectivity index (χ0) is 14.5. The summed E-state index contributed by atoms with van der Waals surface area (Å²) in [5, 5.41) is 4.45. The van der Waals surface area contributed by atoms with Gasteiger partial charge in [-0.15, -0.1) is 0 Å². The monoisotopic (exact) mass is 270 g/mol. The van der Waals surface area contributed by atoms with E-state index in [0.29, 0.717) is 0 Å². The number of azide groups is 1. The highest BCUT2D eigenvalue weighted by Crippen LogP contribution is 2.20. The predicted molar refractivity (Wildman–Crippen MR) is 76.7 cm³/mol. The number of para-hydroxylation sites is 1. The summed E-state index contributed by atoms with van der Waals surface area (Å²) in [6.07, 6.45) is 1.53. The van der Waals surface area contributed by atoms with Crippen LogP contribution in [0.2, 0.25) is 0 Å². The fraction of sp³-hybridized carbons (Fsp3) is 0.214. The zero-order valence-electron chi connectivity index (χ0n) is 11.3. The lowest BCUT2D eigenvalue weighted by molar-refractivity contribution is -0.138. The molecule has 0 spiro atoms. The van der Waals surface area contributed by atoms with Gasteiger partial charge in [0.2, 0.25) is 0 Å². The van der Waals surface area contributed by atoms with Crippen LogP contribution in [0.25, 0.3) is 27.4 Å². The van der Waals surface area contributed by atoms with Gasteiger partial charge < -0.3 is 9.30 Å². The van der Waals surface area contributed by atoms with Crippen molar-refractivity contribution in [3.05, 3.63) is 52.2 Å². The fourth-order valence-corrected chi connectivity index (χ4v) is 1.97. The molecule has 6 heteroatoms. The number of esters is 1. The summed E-state index contributed by atoms with van der Waals surface area (Å²) in [6.45, 7) is 1.93. The number of aromatic nitrogens is 1. The molecule has 20 heavy (non-hydrogen) atoms. The maximum absolute atomic E-state index is 11.7. The lowest BCUT2D eigenvalue weighted by Crippen LogP contribution is -2.06. The molecule has 0 aliphatic heterocycles. The molecule has 1 aromatic carbocycles. The van der Waals surface area contributed by atoms with Crippen LogP contribution in [0.4, 0.5) is 0 Å². The van der Waals surface area contributed by atoms with E-state index in [4.69, 9.17) is 10.3 Å². The molecule has 0 radical (unpaired) electrons. The quantitative estimate of drug-likeness (QED) is 0.280. The van der Waals surface area contributed by atoms with Crippen LogP contribution in [0.1, 0.15) is 12.6 Å². The molecule has 2 rings (SSSR count). The molecule has 0 amide bonds. The maximum atomic E-state index is 11.7. The van der Waals surface area contributed by atoms with E-state index < -0.39 is 5.97 Å². The van der Waals surface area contributed by atoms with Crippen LogP contribution in [0.3, 0.4) is 0 Å². The minimum atomic E-state index is -0.629. The van der Waals surface area contributed by atoms with Crippen LogP contribution in [0, 0.1) is 0 Å². The minimum absolute atomic E-state index is 0.0553. The Bertz CT molecular complexity index is 724. The van der Waals surface area contributed by atoms with E-state index in [1.165, 1.54) is 6.08 Å². The van der Waals surface area contributed by atoms with Gasteiger partial charge in [-0.25, -0.2) is 4.79 Å². The number of aryl methyl sites for hydroxylation is 1. The third-order valence-electron chi connectivity index (χ3n) is 2.91. The number of hydrogen-bond acceptors (Lipinski definition) is 3. The van der Waals surface area contributed by atoms with Crippen LogP contribution in [-0.2, 0) is 16.6 Å². The summed E-state index contributed by atoms with van der Waals surface area (Å²) >= 11 is 0. The van der Waals surface area contributed by atoms with Crippen LogP contribution in [0.15, 0.2) is 41.1 Å².